The molecule has 0 spiro atoms. The maximum atomic E-state index is 6.75. The summed E-state index contributed by atoms with van der Waals surface area (Å²) < 4.78 is 0. The van der Waals surface area contributed by atoms with Crippen molar-refractivity contribution in [3.63, 3.8) is 0 Å². The summed E-state index contributed by atoms with van der Waals surface area (Å²) in [7, 11) is 322. The molecule has 650 valence electrons. The maximum Gasteiger partial charge on any atom is 0.0575 e. The third-order valence-corrected chi connectivity index (χ3v) is 28.8. The molecule has 0 fully saturated rings. The van der Waals surface area contributed by atoms with Crippen molar-refractivity contribution in [1.82, 2.24) is 0 Å². The highest BCUT2D eigenvalue weighted by Gasteiger charge is 2.39. The lowest BCUT2D eigenvalue weighted by Gasteiger charge is -2.40. The summed E-state index contributed by atoms with van der Waals surface area (Å²) in [6.07, 6.45) is 22.2. The predicted molar refractivity (Wildman–Crippen MR) is 655 cm³/mol. The van der Waals surface area contributed by atoms with Crippen LogP contribution in [0, 0.1) is 130 Å². The lowest BCUT2D eigenvalue weighted by Crippen LogP contribution is -2.28. The summed E-state index contributed by atoms with van der Waals surface area (Å²) in [5.41, 5.74) is -17.6. The first-order valence-corrected chi connectivity index (χ1v) is 53.2. The second-order valence-corrected chi connectivity index (χ2v) is 45.9. The van der Waals surface area contributed by atoms with Crippen LogP contribution in [-0.2, 0) is 0 Å². The lowest BCUT2D eigenvalue weighted by molar-refractivity contribution is 0.123. The first kappa shape index (κ1) is 143. The molecule has 0 aliphatic carbocycles. The summed E-state index contributed by atoms with van der Waals surface area (Å²) in [6.45, 7) is 0. The molecule has 0 aromatic rings. The Morgan fingerprint density at radius 3 is 0.179 bits per heavy atom. The van der Waals surface area contributed by atoms with Crippen molar-refractivity contribution >= 4 is 377 Å². The Morgan fingerprint density at radius 1 is 0.0571 bits per heavy atom. The van der Waals surface area contributed by atoms with E-state index in [0.717, 1.165) is 0 Å². The molecular weight excluding hydrogens is 1620 g/mol. The Hall–Kier alpha value is 3.12. The molecule has 48 heteroatoms. The van der Waals surface area contributed by atoms with Crippen LogP contribution in [0.3, 0.4) is 0 Å². The van der Waals surface area contributed by atoms with Gasteiger partial charge in [-0.15, -0.1) is 137 Å². The van der Waals surface area contributed by atoms with Crippen molar-refractivity contribution in [2.24, 2.45) is 130 Å². The van der Waals surface area contributed by atoms with Gasteiger partial charge in [-0.2, -0.15) is 0 Å². The summed E-state index contributed by atoms with van der Waals surface area (Å²) >= 11 is 0. The summed E-state index contributed by atoms with van der Waals surface area (Å²) in [5.74, 6) is -3.99. The highest BCUT2D eigenvalue weighted by atomic mass is 14.4. The van der Waals surface area contributed by atoms with E-state index < -0.39 is 137 Å². The van der Waals surface area contributed by atoms with E-state index in [2.05, 4.69) is 0 Å². The minimum atomic E-state index is -0.741. The summed E-state index contributed by atoms with van der Waals surface area (Å²) in [4.78, 5) is 0. The highest BCUT2D eigenvalue weighted by Crippen LogP contribution is 2.52. The van der Waals surface area contributed by atoms with Gasteiger partial charge in [0.15, 0.2) is 0 Å². The van der Waals surface area contributed by atoms with Gasteiger partial charge in [-0.05, 0) is 265 Å². The number of hydrogen-bond donors (Lipinski definition) is 0. The van der Waals surface area contributed by atoms with E-state index in [1.54, 1.807) is 0 Å². The van der Waals surface area contributed by atoms with Gasteiger partial charge in [0.05, 0.1) is 377 Å². The van der Waals surface area contributed by atoms with E-state index in [-0.39, 0.29) is 130 Å². The molecule has 0 saturated heterocycles. The Kier molecular flexibility index (Phi) is 82.6. The van der Waals surface area contributed by atoms with Gasteiger partial charge in [-0.3, -0.25) is 0 Å². The van der Waals surface area contributed by atoms with E-state index in [0.29, 0.717) is 295 Å². The molecule has 0 rings (SSSR count). The van der Waals surface area contributed by atoms with E-state index in [4.69, 9.17) is 377 Å². The topological polar surface area (TPSA) is 0 Å². The molecule has 0 heterocycles. The quantitative estimate of drug-likeness (QED) is 0.0533. The van der Waals surface area contributed by atoms with E-state index >= 15 is 0 Å². The highest BCUT2D eigenvalue weighted by molar-refractivity contribution is 6.43. The fourth-order valence-corrected chi connectivity index (χ4v) is 25.6. The average Bonchev–Trinajstić information content (AvgIpc) is 0.838. The SMILES string of the molecule is [B]C([B])CCC(CC([B])[B])CC(CC(CC([B])[B])CC([B])[B])CC(CC(CC(CC([B])[B])CC([B])[B])CC(CC([B])[B])CC([B])[B])CC(CC(CC(CC(CC([B])[B])CC([B])[B])CC(CC([B])[B])CC([B])[B])CC(CC(CC([B])[B])CC([B])[B])CC(CC([B])[B])CC([B])[B])CC(CC(CC(CC([B])[B])CC([B])[B])CC(CC([B])[B])CC([B])[B])CC(CC(CC([B])[B])CC([B])[B])CC(CC([B])[B])CC([B])[B]. The van der Waals surface area contributed by atoms with Crippen LogP contribution in [0.5, 0.6) is 0 Å². The maximum absolute atomic E-state index is 6.75. The molecular formula is C92H138B48. The van der Waals surface area contributed by atoms with Crippen LogP contribution in [0.1, 0.15) is 295 Å². The van der Waals surface area contributed by atoms with Gasteiger partial charge in [0, 0.05) is 0 Å². The molecule has 0 amide bonds. The lowest BCUT2D eigenvalue weighted by atomic mass is 9.58. The van der Waals surface area contributed by atoms with Crippen molar-refractivity contribution < 1.29 is 0 Å². The van der Waals surface area contributed by atoms with Crippen molar-refractivity contribution in [2.45, 2.75) is 433 Å². The van der Waals surface area contributed by atoms with Crippen molar-refractivity contribution in [1.29, 1.82) is 0 Å². The summed E-state index contributed by atoms with van der Waals surface area (Å²) in [6, 6.07) is 0. The van der Waals surface area contributed by atoms with E-state index in [1.165, 1.54) is 0 Å². The molecule has 96 radical (unpaired) electrons. The Bertz CT molecular complexity index is 2370. The standard InChI is InChI=1S/C92H138B48/c93-69(94)2-1-47(24-70(95)96)3-48(13-58(25-71(97)98)26-72(99)100)4-49(8-53(14-59(27-73(101)102)28-74(103)104)15-60(29-75(105)106)30-76(107)108)5-50(6-51(9-54(16-61(31-77(109)110)32-78(111)112)17-62(33-79(113)114)34-80(115)116)10-55(18-63(35-81(117)118)36-82(119)120)19-64(37-83(121)122)38-84(123)124)7-52(11-56(20-65(39-85(125)126)40-86(127)128)21-66(41-87(129)130)42-88(131)132)12-57(22-67(43-89(133)134)44-90(135)136)23-68(45-91(137)138)46-92(139)140/h47-92H,1-46H2. The second kappa shape index (κ2) is 80.8. The molecule has 0 aliphatic heterocycles. The van der Waals surface area contributed by atoms with Crippen molar-refractivity contribution in [2.75, 3.05) is 0 Å². The van der Waals surface area contributed by atoms with Crippen LogP contribution >= 0.6 is 0 Å². The number of hydrogen-bond acceptors (Lipinski definition) is 0. The third kappa shape index (κ3) is 81.7. The number of rotatable bonds is 91. The largest absolute Gasteiger partial charge is 0.110 e. The zero-order chi connectivity index (χ0) is 107. The molecule has 3 atom stereocenters. The average molecular weight is 1760 g/mol. The van der Waals surface area contributed by atoms with Crippen molar-refractivity contribution in [3.05, 3.63) is 0 Å². The van der Waals surface area contributed by atoms with Crippen molar-refractivity contribution in [3.8, 4) is 0 Å². The Balaban J connectivity index is 12.3. The van der Waals surface area contributed by atoms with Crippen LogP contribution in [0.25, 0.3) is 0 Å². The molecule has 0 aromatic heterocycles. The Morgan fingerprint density at radius 2 is 0.114 bits per heavy atom. The van der Waals surface area contributed by atoms with Crippen LogP contribution in [0.4, 0.5) is 0 Å². The third-order valence-electron chi connectivity index (χ3n) is 28.8. The first-order valence-electron chi connectivity index (χ1n) is 53.2. The monoisotopic (exact) mass is 1770 g/mol. The fraction of sp³-hybridized carbons (Fsp3) is 1.00. The van der Waals surface area contributed by atoms with Crippen LogP contribution in [0.15, 0.2) is 0 Å². The zero-order valence-corrected chi connectivity index (χ0v) is 86.8. The smallest absolute Gasteiger partial charge is 0.0575 e. The van der Waals surface area contributed by atoms with Crippen LogP contribution in [0.2, 0.25) is 137 Å². The van der Waals surface area contributed by atoms with Gasteiger partial charge in [0.2, 0.25) is 0 Å². The minimum absolute atomic E-state index is 0.0910. The molecule has 0 saturated carbocycles. The van der Waals surface area contributed by atoms with Gasteiger partial charge in [-0.25, -0.2) is 0 Å². The predicted octanol–water partition coefficient (Wildman–Crippen LogP) is 10.5. The first-order chi connectivity index (χ1) is 65.0. The fourth-order valence-electron chi connectivity index (χ4n) is 25.6. The van der Waals surface area contributed by atoms with Gasteiger partial charge >= 0.3 is 0 Å². The van der Waals surface area contributed by atoms with Gasteiger partial charge in [0.1, 0.15) is 0 Å². The molecule has 0 nitrogen and oxygen atoms in total. The van der Waals surface area contributed by atoms with Gasteiger partial charge in [0.25, 0.3) is 0 Å². The van der Waals surface area contributed by atoms with E-state index in [9.17, 15) is 0 Å². The van der Waals surface area contributed by atoms with Crippen LogP contribution < -0.4 is 0 Å². The second-order valence-electron chi connectivity index (χ2n) is 45.9. The normalized spacial score (nSPS) is 14.1. The minimum Gasteiger partial charge on any atom is -0.110 e. The Labute approximate surface area is 931 Å². The molecule has 140 heavy (non-hydrogen) atoms. The zero-order valence-electron chi connectivity index (χ0n) is 86.8. The van der Waals surface area contributed by atoms with E-state index in [1.807, 2.05) is 0 Å². The molecule has 0 aliphatic rings. The molecule has 0 aromatic carbocycles. The van der Waals surface area contributed by atoms with Gasteiger partial charge < -0.3 is 0 Å². The molecule has 3 unspecified atom stereocenters. The van der Waals surface area contributed by atoms with Crippen LogP contribution in [-0.4, -0.2) is 377 Å². The summed E-state index contributed by atoms with van der Waals surface area (Å²) in [5, 5.41) is 0. The van der Waals surface area contributed by atoms with Gasteiger partial charge in [-0.1, -0.05) is 161 Å². The molecule has 0 bridgehead atoms. The molecule has 0 N–H and O–H groups in total.